The van der Waals surface area contributed by atoms with Crippen LogP contribution < -0.4 is 4.90 Å². The third kappa shape index (κ3) is 3.19. The molecule has 2 nitrogen and oxygen atoms in total. The normalized spacial score (nSPS) is 19.8. The quantitative estimate of drug-likeness (QED) is 0.775. The van der Waals surface area contributed by atoms with Gasteiger partial charge in [0.2, 0.25) is 0 Å². The zero-order valence-corrected chi connectivity index (χ0v) is 13.3. The van der Waals surface area contributed by atoms with Gasteiger partial charge in [-0.15, -0.1) is 0 Å². The second-order valence-corrected chi connectivity index (χ2v) is 6.16. The van der Waals surface area contributed by atoms with Crippen LogP contribution in [0, 0.1) is 0 Å². The summed E-state index contributed by atoms with van der Waals surface area (Å²) in [7, 11) is 4.29. The van der Waals surface area contributed by atoms with E-state index < -0.39 is 0 Å². The van der Waals surface area contributed by atoms with Crippen LogP contribution in [0.25, 0.3) is 0 Å². The summed E-state index contributed by atoms with van der Waals surface area (Å²) in [5, 5.41) is 1.67. The summed E-state index contributed by atoms with van der Waals surface area (Å²) in [5.41, 5.74) is 2.62. The fourth-order valence-electron chi connectivity index (χ4n) is 2.71. The second kappa shape index (κ2) is 6.27. The Labute approximate surface area is 123 Å². The minimum atomic E-state index is 0.624. The van der Waals surface area contributed by atoms with Gasteiger partial charge in [-0.1, -0.05) is 27.5 Å². The first-order valence-electron chi connectivity index (χ1n) is 6.37. The van der Waals surface area contributed by atoms with Crippen molar-refractivity contribution in [1.29, 1.82) is 0 Å². The van der Waals surface area contributed by atoms with Crippen molar-refractivity contribution in [3.63, 3.8) is 0 Å². The van der Waals surface area contributed by atoms with E-state index in [1.165, 1.54) is 24.1 Å². The standard InChI is InChI=1S/C14H20BrClN2/c1-17(2)10-13-4-3-7-18(13)14-6-5-12(16)8-11(14)9-15/h5-6,8,13H,3-4,7,9-10H2,1-2H3. The molecule has 1 aliphatic heterocycles. The molecule has 1 aliphatic rings. The number of anilines is 1. The minimum absolute atomic E-state index is 0.624. The van der Waals surface area contributed by atoms with Crippen molar-refractivity contribution in [2.75, 3.05) is 32.1 Å². The van der Waals surface area contributed by atoms with Gasteiger partial charge in [-0.05, 0) is 50.7 Å². The maximum absolute atomic E-state index is 6.08. The van der Waals surface area contributed by atoms with Crippen LogP contribution in [-0.2, 0) is 5.33 Å². The Balaban J connectivity index is 2.24. The van der Waals surface area contributed by atoms with Crippen molar-refractivity contribution in [2.45, 2.75) is 24.2 Å². The summed E-state index contributed by atoms with van der Waals surface area (Å²) in [6.07, 6.45) is 2.56. The molecule has 0 spiro atoms. The molecule has 0 amide bonds. The van der Waals surface area contributed by atoms with E-state index in [4.69, 9.17) is 11.6 Å². The highest BCUT2D eigenvalue weighted by Crippen LogP contribution is 2.32. The Morgan fingerprint density at radius 3 is 2.89 bits per heavy atom. The SMILES string of the molecule is CN(C)CC1CCCN1c1ccc(Cl)cc1CBr. The molecule has 18 heavy (non-hydrogen) atoms. The summed E-state index contributed by atoms with van der Waals surface area (Å²) in [6, 6.07) is 6.84. The van der Waals surface area contributed by atoms with Gasteiger partial charge in [0, 0.05) is 35.2 Å². The highest BCUT2D eigenvalue weighted by Gasteiger charge is 2.26. The molecule has 0 aliphatic carbocycles. The highest BCUT2D eigenvalue weighted by molar-refractivity contribution is 9.08. The average molecular weight is 332 g/mol. The highest BCUT2D eigenvalue weighted by atomic mass is 79.9. The van der Waals surface area contributed by atoms with Crippen LogP contribution in [0.2, 0.25) is 5.02 Å². The molecule has 0 bridgehead atoms. The van der Waals surface area contributed by atoms with Gasteiger partial charge in [0.05, 0.1) is 0 Å². The topological polar surface area (TPSA) is 6.48 Å². The predicted molar refractivity (Wildman–Crippen MR) is 83.0 cm³/mol. The molecule has 1 atom stereocenters. The summed E-state index contributed by atoms with van der Waals surface area (Å²) in [6.45, 7) is 2.27. The van der Waals surface area contributed by atoms with Crippen molar-refractivity contribution in [2.24, 2.45) is 0 Å². The minimum Gasteiger partial charge on any atom is -0.367 e. The maximum Gasteiger partial charge on any atom is 0.0417 e. The van der Waals surface area contributed by atoms with E-state index in [9.17, 15) is 0 Å². The largest absolute Gasteiger partial charge is 0.367 e. The van der Waals surface area contributed by atoms with E-state index in [1.807, 2.05) is 6.07 Å². The molecule has 0 saturated carbocycles. The van der Waals surface area contributed by atoms with E-state index in [0.29, 0.717) is 6.04 Å². The van der Waals surface area contributed by atoms with Gasteiger partial charge < -0.3 is 9.80 Å². The fourth-order valence-corrected chi connectivity index (χ4v) is 3.35. The first-order valence-corrected chi connectivity index (χ1v) is 7.87. The first-order chi connectivity index (χ1) is 8.61. The molecule has 1 fully saturated rings. The van der Waals surface area contributed by atoms with E-state index in [0.717, 1.165) is 23.4 Å². The monoisotopic (exact) mass is 330 g/mol. The smallest absolute Gasteiger partial charge is 0.0417 e. The summed E-state index contributed by atoms with van der Waals surface area (Å²) >= 11 is 9.64. The van der Waals surface area contributed by atoms with E-state index in [-0.39, 0.29) is 0 Å². The van der Waals surface area contributed by atoms with Crippen molar-refractivity contribution in [3.05, 3.63) is 28.8 Å². The van der Waals surface area contributed by atoms with Crippen LogP contribution >= 0.6 is 27.5 Å². The third-order valence-electron chi connectivity index (χ3n) is 3.45. The van der Waals surface area contributed by atoms with Crippen LogP contribution in [0.5, 0.6) is 0 Å². The Kier molecular flexibility index (Phi) is 4.93. The molecule has 0 N–H and O–H groups in total. The Morgan fingerprint density at radius 1 is 1.44 bits per heavy atom. The number of nitrogens with zero attached hydrogens (tertiary/aromatic N) is 2. The van der Waals surface area contributed by atoms with Crippen LogP contribution in [-0.4, -0.2) is 38.1 Å². The van der Waals surface area contributed by atoms with Crippen molar-refractivity contribution in [1.82, 2.24) is 4.90 Å². The van der Waals surface area contributed by atoms with E-state index in [1.54, 1.807) is 0 Å². The maximum atomic E-state index is 6.08. The lowest BCUT2D eigenvalue weighted by molar-refractivity contribution is 0.372. The van der Waals surface area contributed by atoms with Gasteiger partial charge in [-0.25, -0.2) is 0 Å². The van der Waals surface area contributed by atoms with Crippen LogP contribution in [0.15, 0.2) is 18.2 Å². The number of hydrogen-bond donors (Lipinski definition) is 0. The van der Waals surface area contributed by atoms with E-state index in [2.05, 4.69) is 52.0 Å². The number of rotatable bonds is 4. The molecule has 1 unspecified atom stereocenters. The lowest BCUT2D eigenvalue weighted by atomic mass is 10.1. The summed E-state index contributed by atoms with van der Waals surface area (Å²) in [5.74, 6) is 0. The second-order valence-electron chi connectivity index (χ2n) is 5.16. The zero-order valence-electron chi connectivity index (χ0n) is 11.0. The fraction of sp³-hybridized carbons (Fsp3) is 0.571. The summed E-state index contributed by atoms with van der Waals surface area (Å²) in [4.78, 5) is 4.81. The Morgan fingerprint density at radius 2 is 2.22 bits per heavy atom. The third-order valence-corrected chi connectivity index (χ3v) is 4.29. The molecule has 1 aromatic rings. The van der Waals surface area contributed by atoms with Crippen molar-refractivity contribution in [3.8, 4) is 0 Å². The van der Waals surface area contributed by atoms with Crippen LogP contribution in [0.1, 0.15) is 18.4 Å². The van der Waals surface area contributed by atoms with Gasteiger partial charge in [0.1, 0.15) is 0 Å². The first kappa shape index (κ1) is 14.2. The van der Waals surface area contributed by atoms with Gasteiger partial charge in [0.25, 0.3) is 0 Å². The predicted octanol–water partition coefficient (Wildman–Crippen LogP) is 3.77. The lowest BCUT2D eigenvalue weighted by Gasteiger charge is -2.30. The molecular weight excluding hydrogens is 312 g/mol. The Hall–Kier alpha value is -0.250. The molecule has 2 rings (SSSR count). The molecule has 4 heteroatoms. The van der Waals surface area contributed by atoms with Crippen molar-refractivity contribution >= 4 is 33.2 Å². The van der Waals surface area contributed by atoms with Gasteiger partial charge in [-0.2, -0.15) is 0 Å². The Bertz CT molecular complexity index is 409. The zero-order chi connectivity index (χ0) is 13.1. The van der Waals surface area contributed by atoms with Gasteiger partial charge in [0.15, 0.2) is 0 Å². The van der Waals surface area contributed by atoms with Gasteiger partial charge in [-0.3, -0.25) is 0 Å². The molecule has 1 saturated heterocycles. The molecule has 1 heterocycles. The summed E-state index contributed by atoms with van der Waals surface area (Å²) < 4.78 is 0. The van der Waals surface area contributed by atoms with Crippen LogP contribution in [0.4, 0.5) is 5.69 Å². The number of halogens is 2. The average Bonchev–Trinajstić information content (AvgIpc) is 2.76. The number of hydrogen-bond acceptors (Lipinski definition) is 2. The molecular formula is C14H20BrClN2. The molecule has 0 aromatic heterocycles. The number of benzene rings is 1. The molecule has 0 radical (unpaired) electrons. The lowest BCUT2D eigenvalue weighted by Crippen LogP contribution is -2.37. The van der Waals surface area contributed by atoms with Crippen molar-refractivity contribution < 1.29 is 0 Å². The van der Waals surface area contributed by atoms with Crippen LogP contribution in [0.3, 0.4) is 0 Å². The molecule has 1 aromatic carbocycles. The number of likely N-dealkylation sites (N-methyl/N-ethyl adjacent to an activating group) is 1. The number of alkyl halides is 1. The van der Waals surface area contributed by atoms with E-state index >= 15 is 0 Å². The molecule has 100 valence electrons. The van der Waals surface area contributed by atoms with Gasteiger partial charge >= 0.3 is 0 Å².